The van der Waals surface area contributed by atoms with Crippen molar-refractivity contribution in [3.63, 3.8) is 0 Å². The normalized spacial score (nSPS) is 10.5. The Morgan fingerprint density at radius 2 is 1.88 bits per heavy atom. The molecule has 132 valence electrons. The van der Waals surface area contributed by atoms with Crippen LogP contribution in [0.3, 0.4) is 0 Å². The Bertz CT molecular complexity index is 929. The van der Waals surface area contributed by atoms with E-state index in [2.05, 4.69) is 4.98 Å². The minimum Gasteiger partial charge on any atom is -0.481 e. The van der Waals surface area contributed by atoms with E-state index in [4.69, 9.17) is 21.4 Å². The number of carboxylic acids is 1. The molecule has 1 N–H and O–H groups in total. The highest BCUT2D eigenvalue weighted by Gasteiger charge is 2.07. The Labute approximate surface area is 154 Å². The predicted molar refractivity (Wildman–Crippen MR) is 96.8 cm³/mol. The van der Waals surface area contributed by atoms with Crippen molar-refractivity contribution in [1.82, 2.24) is 4.98 Å². The number of nitrogens with zero attached hydrogens (tertiary/aromatic N) is 1. The van der Waals surface area contributed by atoms with Crippen molar-refractivity contribution in [2.75, 3.05) is 0 Å². The highest BCUT2D eigenvalue weighted by Crippen LogP contribution is 2.22. The molecule has 2 aromatic carbocycles. The van der Waals surface area contributed by atoms with Gasteiger partial charge in [0.1, 0.15) is 12.4 Å². The Morgan fingerprint density at radius 3 is 2.58 bits per heavy atom. The van der Waals surface area contributed by atoms with Crippen LogP contribution in [0.15, 0.2) is 60.7 Å². The van der Waals surface area contributed by atoms with E-state index in [9.17, 15) is 9.18 Å². The Hall–Kier alpha value is -2.92. The Morgan fingerprint density at radius 1 is 1.12 bits per heavy atom. The maximum Gasteiger partial charge on any atom is 0.307 e. The molecule has 0 aliphatic carbocycles. The van der Waals surface area contributed by atoms with Crippen LogP contribution in [-0.2, 0) is 17.8 Å². The van der Waals surface area contributed by atoms with Gasteiger partial charge in [-0.15, -0.1) is 0 Å². The van der Waals surface area contributed by atoms with Gasteiger partial charge in [0.15, 0.2) is 0 Å². The molecule has 1 aromatic heterocycles. The molecule has 0 aliphatic heterocycles. The van der Waals surface area contributed by atoms with Gasteiger partial charge < -0.3 is 9.84 Å². The van der Waals surface area contributed by atoms with Gasteiger partial charge in [-0.2, -0.15) is 0 Å². The monoisotopic (exact) mass is 371 g/mol. The predicted octanol–water partition coefficient (Wildman–Crippen LogP) is 4.75. The van der Waals surface area contributed by atoms with Crippen LogP contribution in [0.25, 0.3) is 11.3 Å². The highest BCUT2D eigenvalue weighted by molar-refractivity contribution is 6.30. The van der Waals surface area contributed by atoms with Crippen LogP contribution >= 0.6 is 11.6 Å². The minimum atomic E-state index is -0.874. The number of halogens is 2. The standard InChI is InChI=1S/C20H15ClFNO3/c21-16-9-8-15(17(22)11-16)12-26-19-3-1-2-18(23-19)14-6-4-13(5-7-14)10-20(24)25/h1-9,11H,10,12H2,(H,24,25). The second-order valence-corrected chi connectivity index (χ2v) is 6.09. The number of pyridine rings is 1. The van der Waals surface area contributed by atoms with Gasteiger partial charge in [0.25, 0.3) is 0 Å². The summed E-state index contributed by atoms with van der Waals surface area (Å²) < 4.78 is 19.4. The lowest BCUT2D eigenvalue weighted by atomic mass is 10.1. The third-order valence-electron chi connectivity index (χ3n) is 3.72. The van der Waals surface area contributed by atoms with E-state index in [1.165, 1.54) is 6.07 Å². The van der Waals surface area contributed by atoms with Crippen LogP contribution in [0.5, 0.6) is 5.88 Å². The van der Waals surface area contributed by atoms with Gasteiger partial charge in [0, 0.05) is 22.2 Å². The van der Waals surface area contributed by atoms with E-state index in [0.717, 1.165) is 5.56 Å². The molecule has 3 aromatic rings. The summed E-state index contributed by atoms with van der Waals surface area (Å²) in [7, 11) is 0. The molecule has 6 heteroatoms. The Balaban J connectivity index is 1.72. The second-order valence-electron chi connectivity index (χ2n) is 5.65. The van der Waals surface area contributed by atoms with Gasteiger partial charge >= 0.3 is 5.97 Å². The van der Waals surface area contributed by atoms with E-state index in [1.54, 1.807) is 36.4 Å². The lowest BCUT2D eigenvalue weighted by Crippen LogP contribution is -2.01. The fourth-order valence-corrected chi connectivity index (χ4v) is 2.57. The molecular formula is C20H15ClFNO3. The average Bonchev–Trinajstić information content (AvgIpc) is 2.61. The number of benzene rings is 2. The summed E-state index contributed by atoms with van der Waals surface area (Å²) >= 11 is 5.74. The van der Waals surface area contributed by atoms with Gasteiger partial charge in [0.2, 0.25) is 5.88 Å². The van der Waals surface area contributed by atoms with Crippen LogP contribution in [-0.4, -0.2) is 16.1 Å². The maximum atomic E-state index is 13.8. The van der Waals surface area contributed by atoms with Gasteiger partial charge in [-0.3, -0.25) is 4.79 Å². The Kier molecular flexibility index (Phi) is 5.49. The zero-order valence-corrected chi connectivity index (χ0v) is 14.4. The van der Waals surface area contributed by atoms with E-state index in [0.29, 0.717) is 27.7 Å². The van der Waals surface area contributed by atoms with Crippen LogP contribution < -0.4 is 4.74 Å². The smallest absolute Gasteiger partial charge is 0.307 e. The molecule has 0 fully saturated rings. The largest absolute Gasteiger partial charge is 0.481 e. The topological polar surface area (TPSA) is 59.4 Å². The summed E-state index contributed by atoms with van der Waals surface area (Å²) in [6.07, 6.45) is -0.0243. The minimum absolute atomic E-state index is 0.0243. The average molecular weight is 372 g/mol. The van der Waals surface area contributed by atoms with Crippen molar-refractivity contribution in [3.8, 4) is 17.1 Å². The number of carboxylic acid groups (broad SMARTS) is 1. The number of hydrogen-bond donors (Lipinski definition) is 1. The molecule has 0 amide bonds. The first kappa shape index (κ1) is 17.9. The van der Waals surface area contributed by atoms with E-state index < -0.39 is 11.8 Å². The molecule has 4 nitrogen and oxygen atoms in total. The third kappa shape index (κ3) is 4.58. The summed E-state index contributed by atoms with van der Waals surface area (Å²) in [5.74, 6) is -0.935. The number of ether oxygens (including phenoxy) is 1. The van der Waals surface area contributed by atoms with Crippen molar-refractivity contribution >= 4 is 17.6 Å². The van der Waals surface area contributed by atoms with Crippen molar-refractivity contribution in [1.29, 1.82) is 0 Å². The lowest BCUT2D eigenvalue weighted by molar-refractivity contribution is -0.136. The second kappa shape index (κ2) is 7.97. The molecule has 0 saturated heterocycles. The highest BCUT2D eigenvalue weighted by atomic mass is 35.5. The molecule has 0 bridgehead atoms. The van der Waals surface area contributed by atoms with Crippen LogP contribution in [0.4, 0.5) is 4.39 Å². The zero-order chi connectivity index (χ0) is 18.5. The SMILES string of the molecule is O=C(O)Cc1ccc(-c2cccc(OCc3ccc(Cl)cc3F)n2)cc1. The number of hydrogen-bond acceptors (Lipinski definition) is 3. The van der Waals surface area contributed by atoms with Gasteiger partial charge in [-0.25, -0.2) is 9.37 Å². The summed E-state index contributed by atoms with van der Waals surface area (Å²) in [6, 6.07) is 16.8. The lowest BCUT2D eigenvalue weighted by Gasteiger charge is -2.08. The number of aliphatic carboxylic acids is 1. The molecule has 0 unspecified atom stereocenters. The summed E-state index contributed by atoms with van der Waals surface area (Å²) in [5.41, 5.74) is 2.62. The van der Waals surface area contributed by atoms with Crippen molar-refractivity contribution in [3.05, 3.63) is 82.6 Å². The van der Waals surface area contributed by atoms with E-state index in [-0.39, 0.29) is 13.0 Å². The van der Waals surface area contributed by atoms with E-state index in [1.807, 2.05) is 18.2 Å². The van der Waals surface area contributed by atoms with Crippen molar-refractivity contribution in [2.45, 2.75) is 13.0 Å². The summed E-state index contributed by atoms with van der Waals surface area (Å²) in [5, 5.41) is 9.15. The first-order valence-corrected chi connectivity index (χ1v) is 8.24. The first-order valence-electron chi connectivity index (χ1n) is 7.86. The molecule has 0 aliphatic rings. The quantitative estimate of drug-likeness (QED) is 0.679. The maximum absolute atomic E-state index is 13.8. The molecule has 0 atom stereocenters. The zero-order valence-electron chi connectivity index (χ0n) is 13.7. The van der Waals surface area contributed by atoms with Crippen LogP contribution in [0.2, 0.25) is 5.02 Å². The molecule has 1 heterocycles. The van der Waals surface area contributed by atoms with Crippen LogP contribution in [0, 0.1) is 5.82 Å². The van der Waals surface area contributed by atoms with Gasteiger partial charge in [-0.1, -0.05) is 48.0 Å². The van der Waals surface area contributed by atoms with E-state index >= 15 is 0 Å². The summed E-state index contributed by atoms with van der Waals surface area (Å²) in [4.78, 5) is 15.1. The van der Waals surface area contributed by atoms with Gasteiger partial charge in [0.05, 0.1) is 12.1 Å². The third-order valence-corrected chi connectivity index (χ3v) is 3.95. The molecule has 0 radical (unpaired) electrons. The first-order chi connectivity index (χ1) is 12.5. The van der Waals surface area contributed by atoms with Crippen molar-refractivity contribution in [2.24, 2.45) is 0 Å². The molecular weight excluding hydrogens is 357 g/mol. The number of carbonyl (C=O) groups is 1. The number of aromatic nitrogens is 1. The van der Waals surface area contributed by atoms with Gasteiger partial charge in [-0.05, 0) is 23.8 Å². The molecule has 26 heavy (non-hydrogen) atoms. The van der Waals surface area contributed by atoms with Crippen molar-refractivity contribution < 1.29 is 19.0 Å². The fourth-order valence-electron chi connectivity index (χ4n) is 2.41. The summed E-state index contributed by atoms with van der Waals surface area (Å²) in [6.45, 7) is 0.0387. The fraction of sp³-hybridized carbons (Fsp3) is 0.100. The molecule has 0 spiro atoms. The number of rotatable bonds is 6. The van der Waals surface area contributed by atoms with Crippen LogP contribution in [0.1, 0.15) is 11.1 Å². The molecule has 0 saturated carbocycles. The molecule has 3 rings (SSSR count).